The zero-order chi connectivity index (χ0) is 13.1. The molecule has 0 saturated heterocycles. The van der Waals surface area contributed by atoms with Crippen LogP contribution >= 0.6 is 0 Å². The summed E-state index contributed by atoms with van der Waals surface area (Å²) in [5.74, 6) is 2.21. The van der Waals surface area contributed by atoms with E-state index >= 15 is 0 Å². The lowest BCUT2D eigenvalue weighted by atomic mass is 9.82. The number of hydrogen-bond acceptors (Lipinski definition) is 3. The van der Waals surface area contributed by atoms with Crippen LogP contribution in [-0.4, -0.2) is 16.9 Å². The van der Waals surface area contributed by atoms with E-state index in [1.54, 1.807) is 12.3 Å². The number of pyridine rings is 1. The number of rotatable bonds is 3. The number of nitrogens with zero attached hydrogens (tertiary/aromatic N) is 1. The Balaban J connectivity index is 1.98. The Morgan fingerprint density at radius 3 is 2.39 bits per heavy atom. The highest BCUT2D eigenvalue weighted by atomic mass is 16.5. The maximum atomic E-state index is 11.1. The minimum atomic E-state index is -0.0125. The summed E-state index contributed by atoms with van der Waals surface area (Å²) in [6.45, 7) is 6.08. The van der Waals surface area contributed by atoms with Crippen molar-refractivity contribution in [1.82, 2.24) is 4.98 Å². The molecule has 98 valence electrons. The third kappa shape index (κ3) is 3.31. The second-order valence-electron chi connectivity index (χ2n) is 5.59. The molecule has 2 unspecified atom stereocenters. The molecule has 0 aliphatic heterocycles. The second kappa shape index (κ2) is 5.51. The highest BCUT2D eigenvalue weighted by Gasteiger charge is 2.25. The molecule has 3 heteroatoms. The zero-order valence-electron chi connectivity index (χ0n) is 11.3. The van der Waals surface area contributed by atoms with Gasteiger partial charge in [-0.2, -0.15) is 0 Å². The molecule has 1 saturated carbocycles. The van der Waals surface area contributed by atoms with Crippen LogP contribution in [0, 0.1) is 11.8 Å². The van der Waals surface area contributed by atoms with E-state index in [4.69, 9.17) is 4.74 Å². The topological polar surface area (TPSA) is 39.2 Å². The average Bonchev–Trinajstić information content (AvgIpc) is 2.28. The van der Waals surface area contributed by atoms with Crippen molar-refractivity contribution in [3.8, 4) is 5.75 Å². The van der Waals surface area contributed by atoms with Gasteiger partial charge in [0.1, 0.15) is 11.4 Å². The van der Waals surface area contributed by atoms with Crippen LogP contribution in [0.15, 0.2) is 18.3 Å². The van der Waals surface area contributed by atoms with Crippen molar-refractivity contribution >= 4 is 5.78 Å². The number of carbonyl (C=O) groups excluding carboxylic acids is 1. The molecule has 2 atom stereocenters. The molecule has 3 nitrogen and oxygen atoms in total. The van der Waals surface area contributed by atoms with Crippen LogP contribution in [0.1, 0.15) is 50.5 Å². The summed E-state index contributed by atoms with van der Waals surface area (Å²) in [6.07, 6.45) is 5.45. The summed E-state index contributed by atoms with van der Waals surface area (Å²) in [7, 11) is 0. The molecule has 0 aromatic carbocycles. The lowest BCUT2D eigenvalue weighted by Gasteiger charge is -2.31. The number of aromatic nitrogens is 1. The Kier molecular flexibility index (Phi) is 4.00. The summed E-state index contributed by atoms with van der Waals surface area (Å²) in [4.78, 5) is 15.2. The Bertz CT molecular complexity index is 403. The van der Waals surface area contributed by atoms with Crippen LogP contribution in [0.2, 0.25) is 0 Å². The summed E-state index contributed by atoms with van der Waals surface area (Å²) in [6, 6.07) is 3.57. The van der Waals surface area contributed by atoms with E-state index in [1.165, 1.54) is 13.3 Å². The molecule has 0 radical (unpaired) electrons. The van der Waals surface area contributed by atoms with E-state index in [0.717, 1.165) is 30.4 Å². The van der Waals surface area contributed by atoms with Crippen LogP contribution in [0.3, 0.4) is 0 Å². The number of ether oxygens (including phenoxy) is 1. The molecule has 0 N–H and O–H groups in total. The van der Waals surface area contributed by atoms with Gasteiger partial charge in [0.25, 0.3) is 0 Å². The molecular formula is C15H21NO2. The van der Waals surface area contributed by atoms with Crippen LogP contribution in [0.25, 0.3) is 0 Å². The van der Waals surface area contributed by atoms with Crippen molar-refractivity contribution < 1.29 is 9.53 Å². The van der Waals surface area contributed by atoms with Crippen molar-refractivity contribution in [1.29, 1.82) is 0 Å². The lowest BCUT2D eigenvalue weighted by molar-refractivity contribution is 0.0997. The fraction of sp³-hybridized carbons (Fsp3) is 0.600. The Labute approximate surface area is 109 Å². The highest BCUT2D eigenvalue weighted by molar-refractivity contribution is 5.92. The fourth-order valence-electron chi connectivity index (χ4n) is 2.82. The van der Waals surface area contributed by atoms with Crippen molar-refractivity contribution in [3.63, 3.8) is 0 Å². The normalized spacial score (nSPS) is 27.8. The van der Waals surface area contributed by atoms with Crippen molar-refractivity contribution in [2.24, 2.45) is 11.8 Å². The molecular weight excluding hydrogens is 226 g/mol. The largest absolute Gasteiger partial charge is 0.489 e. The van der Waals surface area contributed by atoms with Gasteiger partial charge < -0.3 is 4.74 Å². The molecule has 1 aliphatic rings. The third-order valence-corrected chi connectivity index (χ3v) is 3.54. The maximum absolute atomic E-state index is 11.1. The van der Waals surface area contributed by atoms with Crippen LogP contribution in [0.4, 0.5) is 0 Å². The molecule has 0 spiro atoms. The van der Waals surface area contributed by atoms with E-state index in [-0.39, 0.29) is 11.9 Å². The van der Waals surface area contributed by atoms with Crippen molar-refractivity contribution in [3.05, 3.63) is 24.0 Å². The summed E-state index contributed by atoms with van der Waals surface area (Å²) in [5.41, 5.74) is 0.493. The van der Waals surface area contributed by atoms with Gasteiger partial charge in [0, 0.05) is 6.92 Å². The van der Waals surface area contributed by atoms with Gasteiger partial charge in [-0.1, -0.05) is 13.8 Å². The Hall–Kier alpha value is -1.38. The molecule has 1 fully saturated rings. The van der Waals surface area contributed by atoms with Gasteiger partial charge in [0.2, 0.25) is 0 Å². The van der Waals surface area contributed by atoms with E-state index in [9.17, 15) is 4.79 Å². The summed E-state index contributed by atoms with van der Waals surface area (Å²) >= 11 is 0. The number of Topliss-reactive ketones (excluding diaryl/α,β-unsaturated/α-hetero) is 1. The molecule has 1 aromatic heterocycles. The van der Waals surface area contributed by atoms with Gasteiger partial charge in [-0.3, -0.25) is 4.79 Å². The third-order valence-electron chi connectivity index (χ3n) is 3.54. The first kappa shape index (κ1) is 13.1. The first-order valence-corrected chi connectivity index (χ1v) is 6.68. The van der Waals surface area contributed by atoms with Crippen LogP contribution in [0.5, 0.6) is 5.75 Å². The highest BCUT2D eigenvalue weighted by Crippen LogP contribution is 2.31. The number of hydrogen-bond donors (Lipinski definition) is 0. The number of carbonyl (C=O) groups is 1. The minimum Gasteiger partial charge on any atom is -0.489 e. The molecule has 1 aliphatic carbocycles. The molecule has 0 bridgehead atoms. The van der Waals surface area contributed by atoms with Crippen LogP contribution < -0.4 is 4.74 Å². The predicted molar refractivity (Wildman–Crippen MR) is 70.8 cm³/mol. The standard InChI is InChI=1S/C15H21NO2/c1-10-6-11(2)8-14(7-10)18-13-4-5-15(12(3)17)16-9-13/h4-5,9-11,14H,6-8H2,1-3H3. The second-order valence-corrected chi connectivity index (χ2v) is 5.59. The SMILES string of the molecule is CC(=O)c1ccc(OC2CC(C)CC(C)C2)cn1. The first-order chi connectivity index (χ1) is 8.54. The van der Waals surface area contributed by atoms with Crippen molar-refractivity contribution in [2.75, 3.05) is 0 Å². The van der Waals surface area contributed by atoms with Gasteiger partial charge >= 0.3 is 0 Å². The lowest BCUT2D eigenvalue weighted by Crippen LogP contribution is -2.28. The molecule has 1 aromatic rings. The minimum absolute atomic E-state index is 0.0125. The molecule has 18 heavy (non-hydrogen) atoms. The average molecular weight is 247 g/mol. The molecule has 1 heterocycles. The first-order valence-electron chi connectivity index (χ1n) is 6.68. The van der Waals surface area contributed by atoms with Gasteiger partial charge in [-0.15, -0.1) is 0 Å². The summed E-state index contributed by atoms with van der Waals surface area (Å²) < 4.78 is 5.96. The summed E-state index contributed by atoms with van der Waals surface area (Å²) in [5, 5.41) is 0. The molecule has 0 amide bonds. The Morgan fingerprint density at radius 2 is 1.89 bits per heavy atom. The maximum Gasteiger partial charge on any atom is 0.178 e. The van der Waals surface area contributed by atoms with Gasteiger partial charge in [0.15, 0.2) is 5.78 Å². The predicted octanol–water partition coefficient (Wildman–Crippen LogP) is 3.49. The van der Waals surface area contributed by atoms with Gasteiger partial charge in [-0.25, -0.2) is 4.98 Å². The van der Waals surface area contributed by atoms with Crippen molar-refractivity contribution in [2.45, 2.75) is 46.1 Å². The van der Waals surface area contributed by atoms with Gasteiger partial charge in [-0.05, 0) is 43.2 Å². The monoisotopic (exact) mass is 247 g/mol. The zero-order valence-corrected chi connectivity index (χ0v) is 11.3. The van der Waals surface area contributed by atoms with E-state index in [0.29, 0.717) is 5.69 Å². The smallest absolute Gasteiger partial charge is 0.178 e. The van der Waals surface area contributed by atoms with E-state index in [2.05, 4.69) is 18.8 Å². The number of ketones is 1. The van der Waals surface area contributed by atoms with Gasteiger partial charge in [0.05, 0.1) is 12.3 Å². The fourth-order valence-corrected chi connectivity index (χ4v) is 2.82. The quantitative estimate of drug-likeness (QED) is 0.767. The Morgan fingerprint density at radius 1 is 1.22 bits per heavy atom. The molecule has 2 rings (SSSR count). The van der Waals surface area contributed by atoms with Crippen LogP contribution in [-0.2, 0) is 0 Å². The van der Waals surface area contributed by atoms with E-state index in [1.807, 2.05) is 6.07 Å². The van der Waals surface area contributed by atoms with E-state index < -0.39 is 0 Å².